The molecule has 9 nitrogen and oxygen atoms in total. The normalized spacial score (nSPS) is 22.5. The summed E-state index contributed by atoms with van der Waals surface area (Å²) in [6, 6.07) is 18.8. The predicted octanol–water partition coefficient (Wildman–Crippen LogP) is 2.52. The molecular weight excluding hydrogens is 400 g/mol. The van der Waals surface area contributed by atoms with Crippen LogP contribution in [0.15, 0.2) is 67.0 Å². The highest BCUT2D eigenvalue weighted by atomic mass is 16.6. The molecular formula is C22H18N4O5. The van der Waals surface area contributed by atoms with Gasteiger partial charge in [-0.3, -0.25) is 0 Å². The Morgan fingerprint density at radius 3 is 2.03 bits per heavy atom. The van der Waals surface area contributed by atoms with E-state index < -0.39 is 36.5 Å². The maximum absolute atomic E-state index is 12.7. The van der Waals surface area contributed by atoms with Gasteiger partial charge in [-0.15, -0.1) is 5.10 Å². The van der Waals surface area contributed by atoms with Crippen molar-refractivity contribution in [1.82, 2.24) is 14.8 Å². The molecule has 1 saturated heterocycles. The molecule has 1 fully saturated rings. The Bertz CT molecular complexity index is 1110. The quantitative estimate of drug-likeness (QED) is 0.580. The summed E-state index contributed by atoms with van der Waals surface area (Å²) in [6.07, 6.45) is -2.14. The second-order valence-electron chi connectivity index (χ2n) is 6.86. The predicted molar refractivity (Wildman–Crippen MR) is 106 cm³/mol. The molecule has 2 heterocycles. The number of hydrogen-bond acceptors (Lipinski definition) is 8. The van der Waals surface area contributed by atoms with Crippen molar-refractivity contribution in [3.8, 4) is 6.07 Å². The fourth-order valence-corrected chi connectivity index (χ4v) is 3.29. The monoisotopic (exact) mass is 418 g/mol. The van der Waals surface area contributed by atoms with E-state index in [1.165, 1.54) is 11.0 Å². The summed E-state index contributed by atoms with van der Waals surface area (Å²) in [7, 11) is 0. The smallest absolute Gasteiger partial charge is 0.338 e. The van der Waals surface area contributed by atoms with E-state index in [9.17, 15) is 9.59 Å². The van der Waals surface area contributed by atoms with Crippen LogP contribution in [0.25, 0.3) is 0 Å². The first-order valence-electron chi connectivity index (χ1n) is 9.55. The lowest BCUT2D eigenvalue weighted by Crippen LogP contribution is -2.39. The number of nitrogens with zero attached hydrogens (tertiary/aromatic N) is 4. The number of benzene rings is 2. The Morgan fingerprint density at radius 2 is 1.52 bits per heavy atom. The minimum absolute atomic E-state index is 0.0610. The molecule has 0 radical (unpaired) electrons. The number of carbonyl (C=O) groups excluding carboxylic acids is 2. The number of carbonyl (C=O) groups is 2. The summed E-state index contributed by atoms with van der Waals surface area (Å²) >= 11 is 0. The van der Waals surface area contributed by atoms with E-state index in [4.69, 9.17) is 19.5 Å². The van der Waals surface area contributed by atoms with Crippen LogP contribution in [-0.2, 0) is 14.2 Å². The second-order valence-corrected chi connectivity index (χ2v) is 6.86. The molecule has 31 heavy (non-hydrogen) atoms. The van der Waals surface area contributed by atoms with Crippen LogP contribution in [0, 0.1) is 11.3 Å². The zero-order valence-electron chi connectivity index (χ0n) is 16.5. The van der Waals surface area contributed by atoms with Gasteiger partial charge in [-0.2, -0.15) is 5.26 Å². The van der Waals surface area contributed by atoms with E-state index in [0.29, 0.717) is 11.1 Å². The largest absolute Gasteiger partial charge is 0.452 e. The lowest BCUT2D eigenvalue weighted by molar-refractivity contribution is -0.0544. The number of ether oxygens (including phenoxy) is 3. The van der Waals surface area contributed by atoms with E-state index >= 15 is 0 Å². The lowest BCUT2D eigenvalue weighted by atomic mass is 10.1. The molecule has 3 aromatic rings. The molecule has 1 aromatic heterocycles. The maximum atomic E-state index is 12.7. The van der Waals surface area contributed by atoms with Crippen LogP contribution < -0.4 is 0 Å². The van der Waals surface area contributed by atoms with Crippen LogP contribution in [0.3, 0.4) is 0 Å². The highest BCUT2D eigenvalue weighted by molar-refractivity contribution is 5.90. The Morgan fingerprint density at radius 1 is 0.968 bits per heavy atom. The van der Waals surface area contributed by atoms with E-state index in [1.807, 2.05) is 6.07 Å². The molecule has 9 heteroatoms. The average molecular weight is 418 g/mol. The third-order valence-electron chi connectivity index (χ3n) is 4.80. The van der Waals surface area contributed by atoms with Crippen molar-refractivity contribution in [3.05, 3.63) is 83.9 Å². The van der Waals surface area contributed by atoms with Crippen LogP contribution >= 0.6 is 0 Å². The van der Waals surface area contributed by atoms with E-state index in [0.717, 1.165) is 0 Å². The van der Waals surface area contributed by atoms with Gasteiger partial charge in [0.25, 0.3) is 5.82 Å². The summed E-state index contributed by atoms with van der Waals surface area (Å²) in [5, 5.41) is 13.1. The number of hydrogen-bond donors (Lipinski definition) is 0. The highest BCUT2D eigenvalue weighted by Gasteiger charge is 2.49. The lowest BCUT2D eigenvalue weighted by Gasteiger charge is -2.23. The zero-order valence-corrected chi connectivity index (χ0v) is 16.5. The van der Waals surface area contributed by atoms with Crippen molar-refractivity contribution in [2.24, 2.45) is 0 Å². The van der Waals surface area contributed by atoms with Crippen LogP contribution in [-0.4, -0.2) is 45.0 Å². The van der Waals surface area contributed by atoms with Crippen molar-refractivity contribution in [1.29, 1.82) is 5.26 Å². The van der Waals surface area contributed by atoms with Gasteiger partial charge in [0.1, 0.15) is 12.4 Å². The number of aromatic nitrogens is 3. The summed E-state index contributed by atoms with van der Waals surface area (Å²) < 4.78 is 18.6. The minimum Gasteiger partial charge on any atom is -0.452 e. The first-order chi connectivity index (χ1) is 15.1. The van der Waals surface area contributed by atoms with Crippen molar-refractivity contribution in [3.63, 3.8) is 0 Å². The summed E-state index contributed by atoms with van der Waals surface area (Å²) in [4.78, 5) is 29.2. The second kappa shape index (κ2) is 8.77. The van der Waals surface area contributed by atoms with Crippen molar-refractivity contribution < 1.29 is 23.8 Å². The van der Waals surface area contributed by atoms with Crippen LogP contribution in [0.2, 0.25) is 0 Å². The van der Waals surface area contributed by atoms with E-state index in [1.54, 1.807) is 67.6 Å². The van der Waals surface area contributed by atoms with Crippen LogP contribution in [0.1, 0.15) is 39.7 Å². The van der Waals surface area contributed by atoms with Crippen molar-refractivity contribution in [2.45, 2.75) is 31.5 Å². The Kier molecular flexibility index (Phi) is 5.73. The third kappa shape index (κ3) is 4.29. The number of rotatable bonds is 5. The SMILES string of the molecule is CC1O[C@@H](n2cnc(C#N)n2)[C@H](OC(=O)c2ccccc2)[C@@H]1OC(=O)c1ccccc1. The van der Waals surface area contributed by atoms with Gasteiger partial charge >= 0.3 is 11.9 Å². The third-order valence-corrected chi connectivity index (χ3v) is 4.80. The van der Waals surface area contributed by atoms with Gasteiger partial charge in [-0.25, -0.2) is 19.3 Å². The molecule has 0 spiro atoms. The molecule has 1 aliphatic rings. The fourth-order valence-electron chi connectivity index (χ4n) is 3.29. The van der Waals surface area contributed by atoms with Gasteiger partial charge < -0.3 is 14.2 Å². The highest BCUT2D eigenvalue weighted by Crippen LogP contribution is 2.34. The fraction of sp³-hybridized carbons (Fsp3) is 0.227. The standard InChI is InChI=1S/C22H18N4O5/c1-14-18(30-21(27)15-8-4-2-5-9-15)19(31-22(28)16-10-6-3-7-11-16)20(29-14)26-13-24-17(12-23)25-26/h2-11,13-14,18-20H,1H3/t14?,18-,19-,20-/m1/s1. The topological polar surface area (TPSA) is 116 Å². The summed E-state index contributed by atoms with van der Waals surface area (Å²) in [5.41, 5.74) is 0.698. The molecule has 4 atom stereocenters. The molecule has 156 valence electrons. The van der Waals surface area contributed by atoms with Gasteiger partial charge in [-0.05, 0) is 31.2 Å². The molecule has 0 aliphatic carbocycles. The van der Waals surface area contributed by atoms with Crippen LogP contribution in [0.5, 0.6) is 0 Å². The molecule has 0 amide bonds. The minimum atomic E-state index is -1.01. The Balaban J connectivity index is 1.62. The van der Waals surface area contributed by atoms with Crippen molar-refractivity contribution in [2.75, 3.05) is 0 Å². The Labute approximate surface area is 177 Å². The molecule has 0 N–H and O–H groups in total. The molecule has 1 unspecified atom stereocenters. The molecule has 1 aliphatic heterocycles. The zero-order chi connectivity index (χ0) is 21.8. The Hall–Kier alpha value is -4.03. The molecule has 0 saturated carbocycles. The van der Waals surface area contributed by atoms with Crippen LogP contribution in [0.4, 0.5) is 0 Å². The van der Waals surface area contributed by atoms with Gasteiger partial charge in [0.2, 0.25) is 0 Å². The van der Waals surface area contributed by atoms with Gasteiger partial charge in [-0.1, -0.05) is 36.4 Å². The van der Waals surface area contributed by atoms with Gasteiger partial charge in [0, 0.05) is 0 Å². The molecule has 0 bridgehead atoms. The number of nitriles is 1. The maximum Gasteiger partial charge on any atom is 0.338 e. The first kappa shape index (κ1) is 20.3. The summed E-state index contributed by atoms with van der Waals surface area (Å²) in [5.74, 6) is -1.23. The van der Waals surface area contributed by atoms with E-state index in [-0.39, 0.29) is 5.82 Å². The van der Waals surface area contributed by atoms with E-state index in [2.05, 4.69) is 10.1 Å². The van der Waals surface area contributed by atoms with Gasteiger partial charge in [0.05, 0.1) is 17.2 Å². The van der Waals surface area contributed by atoms with Gasteiger partial charge in [0.15, 0.2) is 18.4 Å². The average Bonchev–Trinajstić information content (AvgIpc) is 3.40. The summed E-state index contributed by atoms with van der Waals surface area (Å²) in [6.45, 7) is 1.70. The molecule has 4 rings (SSSR count). The molecule has 2 aromatic carbocycles. The number of esters is 2. The van der Waals surface area contributed by atoms with Crippen molar-refractivity contribution >= 4 is 11.9 Å². The first-order valence-corrected chi connectivity index (χ1v) is 9.55.